The first-order chi connectivity index (χ1) is 9.38. The van der Waals surface area contributed by atoms with Gasteiger partial charge >= 0.3 is 0 Å². The first-order valence-corrected chi connectivity index (χ1v) is 7.81. The summed E-state index contributed by atoms with van der Waals surface area (Å²) in [5.41, 5.74) is 8.39. The van der Waals surface area contributed by atoms with Crippen LogP contribution in [0.2, 0.25) is 0 Å². The average Bonchev–Trinajstić information content (AvgIpc) is 3.11. The van der Waals surface area contributed by atoms with Gasteiger partial charge in [-0.2, -0.15) is 0 Å². The molecule has 4 heteroatoms. The fourth-order valence-electron chi connectivity index (χ4n) is 2.52. The molecule has 2 aromatic rings. The summed E-state index contributed by atoms with van der Waals surface area (Å²) in [6, 6.07) is 8.71. The Morgan fingerprint density at radius 3 is 2.55 bits per heavy atom. The van der Waals surface area contributed by atoms with Crippen LogP contribution in [-0.2, 0) is 5.41 Å². The average molecular weight is 334 g/mol. The highest BCUT2D eigenvalue weighted by Gasteiger charge is 2.34. The summed E-state index contributed by atoms with van der Waals surface area (Å²) < 4.78 is 3.30. The molecule has 0 amide bonds. The third-order valence-corrected chi connectivity index (χ3v) is 4.12. The molecule has 1 heterocycles. The van der Waals surface area contributed by atoms with Crippen molar-refractivity contribution in [2.24, 2.45) is 0 Å². The smallest absolute Gasteiger partial charge is 0.132 e. The lowest BCUT2D eigenvalue weighted by molar-refractivity contribution is 0.504. The van der Waals surface area contributed by atoms with E-state index in [-0.39, 0.29) is 5.41 Å². The molecule has 2 N–H and O–H groups in total. The molecule has 0 radical (unpaired) electrons. The largest absolute Gasteiger partial charge is 0.383 e. The molecule has 3 nitrogen and oxygen atoms in total. The van der Waals surface area contributed by atoms with Gasteiger partial charge in [0.15, 0.2) is 0 Å². The molecular formula is C16H20BrN3. The van der Waals surface area contributed by atoms with E-state index < -0.39 is 0 Å². The van der Waals surface area contributed by atoms with Crippen molar-refractivity contribution < 1.29 is 0 Å². The van der Waals surface area contributed by atoms with Crippen LogP contribution in [-0.4, -0.2) is 9.55 Å². The van der Waals surface area contributed by atoms with E-state index in [1.807, 2.05) is 12.1 Å². The van der Waals surface area contributed by atoms with Crippen molar-refractivity contribution in [3.05, 3.63) is 34.6 Å². The number of hydrogen-bond acceptors (Lipinski definition) is 2. The highest BCUT2D eigenvalue weighted by molar-refractivity contribution is 9.10. The Bertz CT molecular complexity index is 648. The van der Waals surface area contributed by atoms with Gasteiger partial charge in [0.1, 0.15) is 17.3 Å². The maximum absolute atomic E-state index is 6.41. The van der Waals surface area contributed by atoms with Crippen molar-refractivity contribution in [1.82, 2.24) is 9.55 Å². The topological polar surface area (TPSA) is 43.8 Å². The molecule has 1 aliphatic rings. The van der Waals surface area contributed by atoms with E-state index in [1.54, 1.807) is 0 Å². The van der Waals surface area contributed by atoms with Crippen LogP contribution in [0.4, 0.5) is 5.82 Å². The predicted octanol–water partition coefficient (Wildman–Crippen LogP) is 4.53. The van der Waals surface area contributed by atoms with Gasteiger partial charge in [-0.15, -0.1) is 0 Å². The normalized spacial score (nSPS) is 15.6. The van der Waals surface area contributed by atoms with Crippen LogP contribution in [0.3, 0.4) is 0 Å². The molecule has 1 aromatic heterocycles. The Balaban J connectivity index is 2.18. The molecule has 20 heavy (non-hydrogen) atoms. The third kappa shape index (κ3) is 2.37. The van der Waals surface area contributed by atoms with Crippen LogP contribution in [0.25, 0.3) is 11.3 Å². The van der Waals surface area contributed by atoms with Crippen LogP contribution in [0.1, 0.15) is 45.5 Å². The summed E-state index contributed by atoms with van der Waals surface area (Å²) in [5, 5.41) is 0. The van der Waals surface area contributed by atoms with Gasteiger partial charge in [-0.25, -0.2) is 4.98 Å². The van der Waals surface area contributed by atoms with E-state index in [1.165, 1.54) is 12.8 Å². The van der Waals surface area contributed by atoms with E-state index in [4.69, 9.17) is 10.7 Å². The monoisotopic (exact) mass is 333 g/mol. The van der Waals surface area contributed by atoms with Crippen LogP contribution in [0.5, 0.6) is 0 Å². The van der Waals surface area contributed by atoms with Gasteiger partial charge in [-0.1, -0.05) is 48.8 Å². The summed E-state index contributed by atoms with van der Waals surface area (Å²) in [6.07, 6.45) is 2.42. The zero-order valence-electron chi connectivity index (χ0n) is 12.2. The number of nitrogens with zero attached hydrogens (tertiary/aromatic N) is 2. The second kappa shape index (κ2) is 4.62. The highest BCUT2D eigenvalue weighted by atomic mass is 79.9. The quantitative estimate of drug-likeness (QED) is 0.877. The molecule has 106 valence electrons. The van der Waals surface area contributed by atoms with Gasteiger partial charge in [0, 0.05) is 21.5 Å². The number of hydrogen-bond donors (Lipinski definition) is 1. The molecule has 0 aliphatic heterocycles. The van der Waals surface area contributed by atoms with Gasteiger partial charge in [0.2, 0.25) is 0 Å². The molecule has 0 atom stereocenters. The molecule has 1 fully saturated rings. The lowest BCUT2D eigenvalue weighted by Gasteiger charge is -2.20. The number of benzene rings is 1. The molecule has 0 spiro atoms. The van der Waals surface area contributed by atoms with E-state index in [0.29, 0.717) is 6.04 Å². The Morgan fingerprint density at radius 1 is 1.30 bits per heavy atom. The number of nitrogen functional groups attached to an aromatic ring is 1. The Morgan fingerprint density at radius 2 is 2.00 bits per heavy atom. The summed E-state index contributed by atoms with van der Waals surface area (Å²) >= 11 is 3.51. The Hall–Kier alpha value is -1.29. The molecule has 0 saturated heterocycles. The van der Waals surface area contributed by atoms with Gasteiger partial charge in [-0.3, -0.25) is 0 Å². The Labute approximate surface area is 128 Å². The third-order valence-electron chi connectivity index (χ3n) is 3.63. The van der Waals surface area contributed by atoms with Gasteiger partial charge in [0.05, 0.1) is 0 Å². The van der Waals surface area contributed by atoms with Crippen LogP contribution in [0.15, 0.2) is 28.7 Å². The van der Waals surface area contributed by atoms with E-state index in [9.17, 15) is 0 Å². The lowest BCUT2D eigenvalue weighted by atomic mass is 9.95. The zero-order chi connectivity index (χ0) is 14.5. The second-order valence-corrected chi connectivity index (χ2v) is 7.45. The fourth-order valence-corrected chi connectivity index (χ4v) is 2.92. The maximum Gasteiger partial charge on any atom is 0.132 e. The minimum absolute atomic E-state index is 0.000965. The summed E-state index contributed by atoms with van der Waals surface area (Å²) in [6.45, 7) is 6.58. The number of imidazole rings is 1. The standard InChI is InChI=1S/C16H20BrN3/c1-16(2,3)15-19-13(10-5-4-6-11(17)9-10)14(18)20(15)12-7-8-12/h4-6,9,12H,7-8,18H2,1-3H3. The van der Waals surface area contributed by atoms with Crippen molar-refractivity contribution in [2.75, 3.05) is 5.73 Å². The maximum atomic E-state index is 6.41. The molecule has 0 bridgehead atoms. The molecule has 1 aromatic carbocycles. The number of anilines is 1. The van der Waals surface area contributed by atoms with Crippen LogP contribution in [0, 0.1) is 0 Å². The van der Waals surface area contributed by atoms with E-state index in [2.05, 4.69) is 53.4 Å². The van der Waals surface area contributed by atoms with Crippen LogP contribution >= 0.6 is 15.9 Å². The predicted molar refractivity (Wildman–Crippen MR) is 86.7 cm³/mol. The molecule has 3 rings (SSSR count). The fraction of sp³-hybridized carbons (Fsp3) is 0.438. The number of aromatic nitrogens is 2. The van der Waals surface area contributed by atoms with Crippen molar-refractivity contribution in [3.8, 4) is 11.3 Å². The van der Waals surface area contributed by atoms with Crippen LogP contribution < -0.4 is 5.73 Å². The van der Waals surface area contributed by atoms with Gasteiger partial charge in [0.25, 0.3) is 0 Å². The first-order valence-electron chi connectivity index (χ1n) is 7.02. The molecule has 0 unspecified atom stereocenters. The first kappa shape index (κ1) is 13.7. The molecule has 1 saturated carbocycles. The molecule has 1 aliphatic carbocycles. The molecular weight excluding hydrogens is 314 g/mol. The zero-order valence-corrected chi connectivity index (χ0v) is 13.7. The van der Waals surface area contributed by atoms with Gasteiger partial charge < -0.3 is 10.3 Å². The number of halogens is 1. The van der Waals surface area contributed by atoms with E-state index in [0.717, 1.165) is 27.4 Å². The Kier molecular flexibility index (Phi) is 3.16. The minimum atomic E-state index is 0.000965. The van der Waals surface area contributed by atoms with Crippen molar-refractivity contribution in [2.45, 2.75) is 45.1 Å². The summed E-state index contributed by atoms with van der Waals surface area (Å²) in [5.74, 6) is 1.89. The van der Waals surface area contributed by atoms with Gasteiger partial charge in [-0.05, 0) is 25.0 Å². The minimum Gasteiger partial charge on any atom is -0.383 e. The number of nitrogens with two attached hydrogens (primary N) is 1. The van der Waals surface area contributed by atoms with E-state index >= 15 is 0 Å². The highest BCUT2D eigenvalue weighted by Crippen LogP contribution is 2.43. The SMILES string of the molecule is CC(C)(C)c1nc(-c2cccc(Br)c2)c(N)n1C1CC1. The summed E-state index contributed by atoms with van der Waals surface area (Å²) in [4.78, 5) is 4.87. The van der Waals surface area contributed by atoms with Crippen molar-refractivity contribution in [1.29, 1.82) is 0 Å². The lowest BCUT2D eigenvalue weighted by Crippen LogP contribution is -2.19. The number of rotatable bonds is 2. The second-order valence-electron chi connectivity index (χ2n) is 6.53. The summed E-state index contributed by atoms with van der Waals surface area (Å²) in [7, 11) is 0. The van der Waals surface area contributed by atoms with Crippen molar-refractivity contribution in [3.63, 3.8) is 0 Å². The van der Waals surface area contributed by atoms with Crippen molar-refractivity contribution >= 4 is 21.7 Å².